The lowest BCUT2D eigenvalue weighted by molar-refractivity contribution is -0.220. The lowest BCUT2D eigenvalue weighted by Gasteiger charge is -2.41. The average Bonchev–Trinajstić information content (AvgIpc) is 3.22. The largest absolute Gasteiger partial charge is 0.472 e. The Morgan fingerprint density at radius 1 is 0.525 bits per heavy atom. The standard InChI is InChI=1S/C46H89O12P/c1-3-5-7-9-11-13-15-16-17-18-19-20-21-22-23-24-25-27-29-31-33-35-40(47)57-39(37-55-36-34-32-30-28-26-14-12-10-8-6-4-2)38-56-59(53,54)58-46-44(51)42(49)41(48)43(50)45(46)52/h8,10,39,41-46,48-52H,3-7,9,11-38H2,1-2H3,(H,53,54)/b10-8-. The number of aliphatic hydroxyl groups is 5. The van der Waals surface area contributed by atoms with Gasteiger partial charge in [0.25, 0.3) is 0 Å². The molecule has 0 saturated heterocycles. The molecule has 1 rings (SSSR count). The van der Waals surface area contributed by atoms with E-state index in [0.29, 0.717) is 13.0 Å². The van der Waals surface area contributed by atoms with Crippen LogP contribution in [0.5, 0.6) is 0 Å². The summed E-state index contributed by atoms with van der Waals surface area (Å²) in [7, 11) is -5.01. The smallest absolute Gasteiger partial charge is 0.457 e. The zero-order valence-corrected chi connectivity index (χ0v) is 38.2. The van der Waals surface area contributed by atoms with Gasteiger partial charge in [-0.25, -0.2) is 4.57 Å². The van der Waals surface area contributed by atoms with Crippen LogP contribution < -0.4 is 0 Å². The second-order valence-electron chi connectivity index (χ2n) is 17.0. The molecule has 1 saturated carbocycles. The summed E-state index contributed by atoms with van der Waals surface area (Å²) in [4.78, 5) is 23.1. The number of ether oxygens (including phenoxy) is 2. The van der Waals surface area contributed by atoms with E-state index in [-0.39, 0.29) is 13.0 Å². The van der Waals surface area contributed by atoms with Gasteiger partial charge < -0.3 is 39.9 Å². The SMILES string of the molecule is CCC/C=C\CCCCCCCCOCC(COP(=O)(O)OC1C(O)C(O)C(O)C(O)C1O)OC(=O)CCCCCCCCCCCCCCCCCCCCCCC. The number of carbonyl (C=O) groups is 1. The maximum atomic E-state index is 12.8. The van der Waals surface area contributed by atoms with Gasteiger partial charge in [0.15, 0.2) is 0 Å². The monoisotopic (exact) mass is 865 g/mol. The first-order valence-corrected chi connectivity index (χ1v) is 25.5. The van der Waals surface area contributed by atoms with Crippen LogP contribution in [-0.4, -0.2) is 98.9 Å². The normalized spacial score (nSPS) is 22.5. The molecule has 0 radical (unpaired) electrons. The summed E-state index contributed by atoms with van der Waals surface area (Å²) in [5, 5.41) is 50.1. The predicted molar refractivity (Wildman–Crippen MR) is 235 cm³/mol. The summed E-state index contributed by atoms with van der Waals surface area (Å²) in [5.74, 6) is -0.475. The van der Waals surface area contributed by atoms with E-state index in [9.17, 15) is 39.8 Å². The minimum atomic E-state index is -5.01. The van der Waals surface area contributed by atoms with Gasteiger partial charge in [0.1, 0.15) is 42.7 Å². The third-order valence-electron chi connectivity index (χ3n) is 11.4. The molecule has 6 N–H and O–H groups in total. The molecule has 13 heteroatoms. The van der Waals surface area contributed by atoms with Crippen LogP contribution in [0.1, 0.15) is 213 Å². The highest BCUT2D eigenvalue weighted by Crippen LogP contribution is 2.47. The molecule has 59 heavy (non-hydrogen) atoms. The summed E-state index contributed by atoms with van der Waals surface area (Å²) in [6.07, 6.45) is 28.6. The second kappa shape index (κ2) is 37.6. The Morgan fingerprint density at radius 3 is 1.41 bits per heavy atom. The Kier molecular flexibility index (Phi) is 35.8. The summed E-state index contributed by atoms with van der Waals surface area (Å²) < 4.78 is 34.1. The van der Waals surface area contributed by atoms with Crippen LogP contribution in [0.25, 0.3) is 0 Å². The quantitative estimate of drug-likeness (QED) is 0.0148. The molecular weight excluding hydrogens is 775 g/mol. The minimum Gasteiger partial charge on any atom is -0.457 e. The molecule has 12 nitrogen and oxygen atoms in total. The number of hydrogen-bond donors (Lipinski definition) is 6. The Labute approximate surface area is 358 Å². The number of allylic oxidation sites excluding steroid dienone is 2. The van der Waals surface area contributed by atoms with E-state index in [1.807, 2.05) is 0 Å². The van der Waals surface area contributed by atoms with Crippen molar-refractivity contribution in [3.8, 4) is 0 Å². The van der Waals surface area contributed by atoms with Crippen LogP contribution in [0.3, 0.4) is 0 Å². The molecule has 1 aliphatic rings. The highest BCUT2D eigenvalue weighted by Gasteiger charge is 2.51. The van der Waals surface area contributed by atoms with Gasteiger partial charge in [-0.1, -0.05) is 187 Å². The van der Waals surface area contributed by atoms with E-state index in [1.54, 1.807) is 0 Å². The number of phosphoric ester groups is 1. The molecule has 0 spiro atoms. The number of hydrogen-bond acceptors (Lipinski definition) is 11. The molecule has 1 aliphatic carbocycles. The van der Waals surface area contributed by atoms with Crippen LogP contribution >= 0.6 is 7.82 Å². The van der Waals surface area contributed by atoms with E-state index < -0.39 is 63.1 Å². The summed E-state index contributed by atoms with van der Waals surface area (Å²) in [6, 6.07) is 0. The highest BCUT2D eigenvalue weighted by atomic mass is 31.2. The van der Waals surface area contributed by atoms with Crippen molar-refractivity contribution in [3.05, 3.63) is 12.2 Å². The Balaban J connectivity index is 2.31. The van der Waals surface area contributed by atoms with Crippen molar-refractivity contribution in [1.29, 1.82) is 0 Å². The Bertz CT molecular complexity index is 1030. The number of unbranched alkanes of at least 4 members (excludes halogenated alkanes) is 27. The van der Waals surface area contributed by atoms with Gasteiger partial charge in [0.05, 0.1) is 13.2 Å². The van der Waals surface area contributed by atoms with Crippen LogP contribution in [0.2, 0.25) is 0 Å². The maximum absolute atomic E-state index is 12.8. The lowest BCUT2D eigenvalue weighted by Crippen LogP contribution is -2.64. The van der Waals surface area contributed by atoms with E-state index in [4.69, 9.17) is 18.5 Å². The van der Waals surface area contributed by atoms with Gasteiger partial charge in [-0.15, -0.1) is 0 Å². The maximum Gasteiger partial charge on any atom is 0.472 e. The summed E-state index contributed by atoms with van der Waals surface area (Å²) in [6.45, 7) is 4.21. The molecular formula is C46H89O12P. The third-order valence-corrected chi connectivity index (χ3v) is 12.4. The number of phosphoric acid groups is 1. The van der Waals surface area contributed by atoms with E-state index >= 15 is 0 Å². The van der Waals surface area contributed by atoms with Gasteiger partial charge in [-0.2, -0.15) is 0 Å². The fraction of sp³-hybridized carbons (Fsp3) is 0.935. The van der Waals surface area contributed by atoms with Crippen molar-refractivity contribution in [2.45, 2.75) is 256 Å². The van der Waals surface area contributed by atoms with Crippen molar-refractivity contribution >= 4 is 13.8 Å². The first-order chi connectivity index (χ1) is 28.5. The number of rotatable bonds is 41. The van der Waals surface area contributed by atoms with Gasteiger partial charge in [0, 0.05) is 13.0 Å². The molecule has 6 atom stereocenters. The van der Waals surface area contributed by atoms with Crippen molar-refractivity contribution in [2.75, 3.05) is 19.8 Å². The molecule has 1 fully saturated rings. The van der Waals surface area contributed by atoms with Crippen LogP contribution in [0, 0.1) is 0 Å². The molecule has 0 amide bonds. The minimum absolute atomic E-state index is 0.0759. The number of esters is 1. The molecule has 350 valence electrons. The fourth-order valence-corrected chi connectivity index (χ4v) is 8.51. The van der Waals surface area contributed by atoms with Crippen molar-refractivity contribution in [3.63, 3.8) is 0 Å². The van der Waals surface area contributed by atoms with E-state index in [1.165, 1.54) is 128 Å². The average molecular weight is 865 g/mol. The topological polar surface area (TPSA) is 192 Å². The van der Waals surface area contributed by atoms with E-state index in [2.05, 4.69) is 26.0 Å². The summed E-state index contributed by atoms with van der Waals surface area (Å²) in [5.41, 5.74) is 0. The third kappa shape index (κ3) is 29.9. The number of carbonyl (C=O) groups excluding carboxylic acids is 1. The zero-order valence-electron chi connectivity index (χ0n) is 37.3. The molecule has 0 aromatic rings. The van der Waals surface area contributed by atoms with Crippen molar-refractivity contribution in [1.82, 2.24) is 0 Å². The molecule has 6 unspecified atom stereocenters. The second-order valence-corrected chi connectivity index (χ2v) is 18.4. The Morgan fingerprint density at radius 2 is 0.932 bits per heavy atom. The van der Waals surface area contributed by atoms with Crippen molar-refractivity contribution < 1.29 is 58.3 Å². The zero-order chi connectivity index (χ0) is 43.4. The van der Waals surface area contributed by atoms with Crippen LogP contribution in [-0.2, 0) is 27.9 Å². The fourth-order valence-electron chi connectivity index (χ4n) is 7.54. The van der Waals surface area contributed by atoms with Crippen LogP contribution in [0.4, 0.5) is 0 Å². The molecule has 0 aliphatic heterocycles. The first kappa shape index (κ1) is 56.1. The molecule has 0 aromatic heterocycles. The number of aliphatic hydroxyl groups excluding tert-OH is 5. The van der Waals surface area contributed by atoms with Crippen LogP contribution in [0.15, 0.2) is 12.2 Å². The van der Waals surface area contributed by atoms with E-state index in [0.717, 1.165) is 57.8 Å². The van der Waals surface area contributed by atoms with Gasteiger partial charge in [-0.05, 0) is 32.1 Å². The Hall–Kier alpha value is -0.920. The predicted octanol–water partition coefficient (Wildman–Crippen LogP) is 9.92. The molecule has 0 bridgehead atoms. The molecule has 0 aromatic carbocycles. The highest BCUT2D eigenvalue weighted by molar-refractivity contribution is 7.47. The first-order valence-electron chi connectivity index (χ1n) is 24.0. The van der Waals surface area contributed by atoms with Gasteiger partial charge in [-0.3, -0.25) is 13.8 Å². The van der Waals surface area contributed by atoms with Gasteiger partial charge in [0.2, 0.25) is 0 Å². The molecule has 0 heterocycles. The lowest BCUT2D eigenvalue weighted by atomic mass is 9.85. The van der Waals surface area contributed by atoms with Crippen molar-refractivity contribution in [2.24, 2.45) is 0 Å². The van der Waals surface area contributed by atoms with Gasteiger partial charge >= 0.3 is 13.8 Å². The summed E-state index contributed by atoms with van der Waals surface area (Å²) >= 11 is 0.